The van der Waals surface area contributed by atoms with E-state index in [0.29, 0.717) is 54.8 Å². The lowest BCUT2D eigenvalue weighted by molar-refractivity contribution is -0.137. The number of anilines is 1. The van der Waals surface area contributed by atoms with Gasteiger partial charge in [-0.05, 0) is 107 Å². The fourth-order valence-corrected chi connectivity index (χ4v) is 7.99. The van der Waals surface area contributed by atoms with Crippen LogP contribution in [0.1, 0.15) is 78.2 Å². The number of aryl methyl sites for hydroxylation is 1. The Kier molecular flexibility index (Phi) is 11.4. The predicted molar refractivity (Wildman–Crippen MR) is 206 cm³/mol. The summed E-state index contributed by atoms with van der Waals surface area (Å²) in [5, 5.41) is 21.3. The van der Waals surface area contributed by atoms with E-state index in [1.165, 1.54) is 0 Å². The second-order valence-corrected chi connectivity index (χ2v) is 15.0. The maximum absolute atomic E-state index is 13.5. The molecule has 3 fully saturated rings. The van der Waals surface area contributed by atoms with Crippen LogP contribution < -0.4 is 20.5 Å². The highest BCUT2D eigenvalue weighted by Crippen LogP contribution is 2.32. The Balaban J connectivity index is 0.825. The highest BCUT2D eigenvalue weighted by Gasteiger charge is 2.31. The van der Waals surface area contributed by atoms with Crippen molar-refractivity contribution in [3.8, 4) is 11.8 Å². The number of nitrogens with zero attached hydrogens (tertiary/aromatic N) is 7. The first-order valence-corrected chi connectivity index (χ1v) is 19.3. The number of pyridine rings is 2. The summed E-state index contributed by atoms with van der Waals surface area (Å²) in [4.78, 5) is 52.7. The molecule has 4 aromatic rings. The molecule has 0 spiro atoms. The second-order valence-electron chi connectivity index (χ2n) is 14.6. The summed E-state index contributed by atoms with van der Waals surface area (Å²) in [6.45, 7) is 8.76. The van der Waals surface area contributed by atoms with Crippen molar-refractivity contribution in [3.05, 3.63) is 85.9 Å². The molecule has 14 heteroatoms. The lowest BCUT2D eigenvalue weighted by Crippen LogP contribution is -2.51. The number of halogens is 1. The van der Waals surface area contributed by atoms with Crippen LogP contribution in [-0.2, 0) is 17.8 Å². The van der Waals surface area contributed by atoms with Gasteiger partial charge in [-0.15, -0.1) is 10.2 Å². The molecule has 0 unspecified atom stereocenters. The molecule has 3 aliphatic rings. The molecule has 7 rings (SSSR count). The van der Waals surface area contributed by atoms with Gasteiger partial charge in [0.2, 0.25) is 5.91 Å². The number of piperidine rings is 1. The topological polar surface area (TPSA) is 160 Å². The Morgan fingerprint density at radius 2 is 1.76 bits per heavy atom. The number of ether oxygens (including phenoxy) is 1. The van der Waals surface area contributed by atoms with E-state index in [9.17, 15) is 19.6 Å². The lowest BCUT2D eigenvalue weighted by atomic mass is 9.92. The number of carbonyl (C=O) groups is 2. The molecular formula is C40H46ClN9O4. The fourth-order valence-electron chi connectivity index (χ4n) is 7.79. The molecule has 2 N–H and O–H groups in total. The van der Waals surface area contributed by atoms with Crippen molar-refractivity contribution in [2.24, 2.45) is 5.92 Å². The molecule has 54 heavy (non-hydrogen) atoms. The summed E-state index contributed by atoms with van der Waals surface area (Å²) in [6, 6.07) is 13.0. The van der Waals surface area contributed by atoms with Crippen LogP contribution in [0.25, 0.3) is 11.0 Å². The predicted octanol–water partition coefficient (Wildman–Crippen LogP) is 4.79. The van der Waals surface area contributed by atoms with Crippen molar-refractivity contribution in [2.45, 2.75) is 77.5 Å². The third kappa shape index (κ3) is 8.35. The highest BCUT2D eigenvalue weighted by molar-refractivity contribution is 6.32. The minimum Gasteiger partial charge on any atom is -0.490 e. The maximum atomic E-state index is 13.5. The molecule has 13 nitrogen and oxygen atoms in total. The molecule has 1 aliphatic carbocycles. The van der Waals surface area contributed by atoms with Crippen molar-refractivity contribution in [1.82, 2.24) is 35.3 Å². The van der Waals surface area contributed by atoms with Crippen LogP contribution in [0.4, 0.5) is 5.82 Å². The second kappa shape index (κ2) is 16.5. The zero-order chi connectivity index (χ0) is 37.8. The van der Waals surface area contributed by atoms with E-state index in [-0.39, 0.29) is 41.1 Å². The summed E-state index contributed by atoms with van der Waals surface area (Å²) in [6.07, 6.45) is 7.32. The van der Waals surface area contributed by atoms with Crippen LogP contribution in [0.15, 0.2) is 47.4 Å². The number of nitrogens with one attached hydrogen (secondary N) is 2. The molecule has 0 bridgehead atoms. The molecule has 5 heterocycles. The third-order valence-electron chi connectivity index (χ3n) is 11.1. The third-order valence-corrected chi connectivity index (χ3v) is 11.6. The van der Waals surface area contributed by atoms with Crippen molar-refractivity contribution >= 4 is 40.3 Å². The number of rotatable bonds is 9. The van der Waals surface area contributed by atoms with E-state index in [4.69, 9.17) is 16.3 Å². The van der Waals surface area contributed by atoms with Gasteiger partial charge in [0, 0.05) is 62.0 Å². The molecule has 2 saturated heterocycles. The number of H-pyrrole nitrogens is 1. The molecule has 0 radical (unpaired) electrons. The Hall–Kier alpha value is -5.06. The first kappa shape index (κ1) is 37.3. The van der Waals surface area contributed by atoms with Crippen LogP contribution in [0.5, 0.6) is 5.75 Å². The monoisotopic (exact) mass is 751 g/mol. The standard InChI is InChI=1S/C40H46ClN9O4/c1-3-27-21-33-34(45-38(27)51)20-26(23-43-33)24-48-14-12-28(13-15-48)40(53)50-18-16-49(17-19-50)36-11-9-32(46-47-36)39(52)44-30-5-7-31(8-6-30)54-35-10-4-29(22-42)37(41)25(35)2/h4,9-11,20-21,23,28,30-31H,3,5-8,12-19,24H2,1-2H3,(H,44,52)(H,45,51). The van der Waals surface area contributed by atoms with Crippen LogP contribution >= 0.6 is 11.6 Å². The number of fused-ring (bicyclic) bond motifs is 1. The summed E-state index contributed by atoms with van der Waals surface area (Å²) in [7, 11) is 0. The molecule has 0 atom stereocenters. The Labute approximate surface area is 319 Å². The zero-order valence-electron chi connectivity index (χ0n) is 30.8. The lowest BCUT2D eigenvalue weighted by Gasteiger charge is -2.38. The Bertz CT molecular complexity index is 2090. The molecule has 1 saturated carbocycles. The van der Waals surface area contributed by atoms with Crippen LogP contribution in [0.2, 0.25) is 5.02 Å². The molecular weight excluding hydrogens is 706 g/mol. The number of hydrogen-bond acceptors (Lipinski definition) is 10. The van der Waals surface area contributed by atoms with E-state index >= 15 is 0 Å². The molecule has 3 aromatic heterocycles. The van der Waals surface area contributed by atoms with Gasteiger partial charge in [-0.1, -0.05) is 18.5 Å². The minimum atomic E-state index is -0.245. The van der Waals surface area contributed by atoms with Gasteiger partial charge in [0.15, 0.2) is 11.5 Å². The van der Waals surface area contributed by atoms with Crippen molar-refractivity contribution < 1.29 is 14.3 Å². The van der Waals surface area contributed by atoms with Gasteiger partial charge in [-0.3, -0.25) is 24.3 Å². The van der Waals surface area contributed by atoms with Gasteiger partial charge in [0.25, 0.3) is 11.5 Å². The largest absolute Gasteiger partial charge is 0.490 e. The number of nitriles is 1. The van der Waals surface area contributed by atoms with Crippen LogP contribution in [0, 0.1) is 24.2 Å². The fraction of sp³-hybridized carbons (Fsp3) is 0.475. The van der Waals surface area contributed by atoms with Crippen molar-refractivity contribution in [2.75, 3.05) is 44.2 Å². The first-order chi connectivity index (χ1) is 26.2. The van der Waals surface area contributed by atoms with Crippen molar-refractivity contribution in [1.29, 1.82) is 5.26 Å². The molecule has 2 aliphatic heterocycles. The number of aromatic nitrogens is 4. The number of hydrogen-bond donors (Lipinski definition) is 2. The van der Waals surface area contributed by atoms with Crippen molar-refractivity contribution in [3.63, 3.8) is 0 Å². The minimum absolute atomic E-state index is 0.0114. The number of amides is 2. The Morgan fingerprint density at radius 3 is 2.44 bits per heavy atom. The summed E-state index contributed by atoms with van der Waals surface area (Å²) < 4.78 is 6.20. The summed E-state index contributed by atoms with van der Waals surface area (Å²) >= 11 is 6.31. The number of aromatic amines is 1. The van der Waals surface area contributed by atoms with E-state index in [1.54, 1.807) is 18.2 Å². The number of carbonyl (C=O) groups excluding carboxylic acids is 2. The number of benzene rings is 1. The van der Waals surface area contributed by atoms with Gasteiger partial charge < -0.3 is 24.8 Å². The average Bonchev–Trinajstić information content (AvgIpc) is 3.20. The van der Waals surface area contributed by atoms with Crippen LogP contribution in [0.3, 0.4) is 0 Å². The van der Waals surface area contributed by atoms with Gasteiger partial charge in [-0.2, -0.15) is 5.26 Å². The summed E-state index contributed by atoms with van der Waals surface area (Å²) in [5.41, 5.74) is 4.75. The SMILES string of the molecule is CCc1cc2ncc(CN3CCC(C(=O)N4CCN(c5ccc(C(=O)NC6CCC(Oc7ccc(C#N)c(Cl)c7C)CC6)nn5)CC4)CC3)cc2[nH]c1=O. The number of likely N-dealkylation sites (tertiary alicyclic amines) is 1. The van der Waals surface area contributed by atoms with Crippen LogP contribution in [-0.4, -0.2) is 93.2 Å². The van der Waals surface area contributed by atoms with E-state index in [0.717, 1.165) is 85.9 Å². The van der Waals surface area contributed by atoms with E-state index < -0.39 is 0 Å². The maximum Gasteiger partial charge on any atom is 0.272 e. The molecule has 1 aromatic carbocycles. The Morgan fingerprint density at radius 1 is 1.00 bits per heavy atom. The quantitative estimate of drug-likeness (QED) is 0.244. The van der Waals surface area contributed by atoms with E-state index in [1.807, 2.05) is 43.1 Å². The summed E-state index contributed by atoms with van der Waals surface area (Å²) in [5.74, 6) is 1.37. The molecule has 282 valence electrons. The highest BCUT2D eigenvalue weighted by atomic mass is 35.5. The average molecular weight is 752 g/mol. The smallest absolute Gasteiger partial charge is 0.272 e. The van der Waals surface area contributed by atoms with Gasteiger partial charge in [0.05, 0.1) is 27.7 Å². The van der Waals surface area contributed by atoms with Gasteiger partial charge >= 0.3 is 0 Å². The number of piperazine rings is 1. The molecule has 2 amide bonds. The van der Waals surface area contributed by atoms with Gasteiger partial charge in [-0.25, -0.2) is 0 Å². The normalized spacial score (nSPS) is 19.7. The van der Waals surface area contributed by atoms with Gasteiger partial charge in [0.1, 0.15) is 11.8 Å². The zero-order valence-corrected chi connectivity index (χ0v) is 31.6. The van der Waals surface area contributed by atoms with E-state index in [2.05, 4.69) is 41.4 Å². The first-order valence-electron chi connectivity index (χ1n) is 19.0.